The number of terminal acetylenes is 1. The van der Waals surface area contributed by atoms with Gasteiger partial charge in [0, 0.05) is 0 Å². The molecule has 0 aliphatic carbocycles. The van der Waals surface area contributed by atoms with Crippen molar-refractivity contribution in [2.24, 2.45) is 0 Å². The third kappa shape index (κ3) is 1.40. The molecule has 0 amide bonds. The van der Waals surface area contributed by atoms with Crippen molar-refractivity contribution in [3.05, 3.63) is 10.6 Å². The van der Waals surface area contributed by atoms with E-state index in [4.69, 9.17) is 6.42 Å². The smallest absolute Gasteiger partial charge is 0.213 e. The van der Waals surface area contributed by atoms with E-state index in [1.807, 2.05) is 0 Å². The van der Waals surface area contributed by atoms with E-state index in [2.05, 4.69) is 33.3 Å². The van der Waals surface area contributed by atoms with Gasteiger partial charge < -0.3 is 0 Å². The molecule has 2 N–H and O–H groups in total. The van der Waals surface area contributed by atoms with Crippen LogP contribution in [-0.2, 0) is 6.42 Å². The summed E-state index contributed by atoms with van der Waals surface area (Å²) in [5, 5.41) is 5.36. The second-order valence-electron chi connectivity index (χ2n) is 1.49. The summed E-state index contributed by atoms with van der Waals surface area (Å²) in [6.07, 6.45) is 5.51. The monoisotopic (exact) mass is 139 g/mol. The van der Waals surface area contributed by atoms with Gasteiger partial charge in [0.25, 0.3) is 0 Å². The van der Waals surface area contributed by atoms with Crippen LogP contribution in [0.4, 0.5) is 0 Å². The number of H-pyrrole nitrogens is 2. The minimum absolute atomic E-state index is 0.445. The van der Waals surface area contributed by atoms with Gasteiger partial charge in [-0.1, -0.05) is 5.92 Å². The molecule has 1 aromatic heterocycles. The SMILES string of the molecule is C#CCc1nc(=S)[nH][nH]1. The van der Waals surface area contributed by atoms with E-state index in [0.717, 1.165) is 0 Å². The molecular weight excluding hydrogens is 134 g/mol. The first-order chi connectivity index (χ1) is 4.33. The zero-order valence-corrected chi connectivity index (χ0v) is 5.46. The highest BCUT2D eigenvalue weighted by Crippen LogP contribution is 1.85. The Balaban J connectivity index is 2.88. The lowest BCUT2D eigenvalue weighted by Crippen LogP contribution is -1.82. The van der Waals surface area contributed by atoms with Gasteiger partial charge in [0.15, 0.2) is 0 Å². The highest BCUT2D eigenvalue weighted by molar-refractivity contribution is 7.71. The van der Waals surface area contributed by atoms with Crippen LogP contribution in [0.1, 0.15) is 5.82 Å². The Hall–Kier alpha value is -1.08. The van der Waals surface area contributed by atoms with Gasteiger partial charge in [-0.2, -0.15) is 0 Å². The molecule has 0 aliphatic heterocycles. The van der Waals surface area contributed by atoms with Crippen LogP contribution in [-0.4, -0.2) is 15.2 Å². The van der Waals surface area contributed by atoms with Crippen LogP contribution < -0.4 is 0 Å². The van der Waals surface area contributed by atoms with Crippen LogP contribution in [0.25, 0.3) is 0 Å². The molecule has 0 radical (unpaired) electrons. The van der Waals surface area contributed by atoms with Crippen molar-refractivity contribution in [2.45, 2.75) is 6.42 Å². The highest BCUT2D eigenvalue weighted by Gasteiger charge is 1.89. The number of aromatic nitrogens is 3. The van der Waals surface area contributed by atoms with Crippen LogP contribution in [0.2, 0.25) is 0 Å². The average Bonchev–Trinajstić information content (AvgIpc) is 2.17. The van der Waals surface area contributed by atoms with Crippen molar-refractivity contribution in [3.63, 3.8) is 0 Å². The van der Waals surface area contributed by atoms with Gasteiger partial charge in [0.1, 0.15) is 5.82 Å². The van der Waals surface area contributed by atoms with E-state index < -0.39 is 0 Å². The Kier molecular flexibility index (Phi) is 1.66. The molecule has 1 rings (SSSR count). The molecule has 1 heterocycles. The van der Waals surface area contributed by atoms with Crippen LogP contribution in [0.15, 0.2) is 0 Å². The van der Waals surface area contributed by atoms with Crippen molar-refractivity contribution >= 4 is 12.2 Å². The Morgan fingerprint density at radius 1 is 1.67 bits per heavy atom. The lowest BCUT2D eigenvalue weighted by Gasteiger charge is -1.78. The summed E-state index contributed by atoms with van der Waals surface area (Å²) in [6.45, 7) is 0. The molecule has 0 saturated heterocycles. The first-order valence-corrected chi connectivity index (χ1v) is 2.81. The van der Waals surface area contributed by atoms with Gasteiger partial charge in [-0.3, -0.25) is 10.2 Å². The molecule has 0 atom stereocenters. The molecule has 3 nitrogen and oxygen atoms in total. The average molecular weight is 139 g/mol. The Morgan fingerprint density at radius 3 is 2.89 bits per heavy atom. The normalized spacial score (nSPS) is 8.78. The Morgan fingerprint density at radius 2 is 2.44 bits per heavy atom. The van der Waals surface area contributed by atoms with Crippen LogP contribution >= 0.6 is 12.2 Å². The van der Waals surface area contributed by atoms with E-state index in [9.17, 15) is 0 Å². The second kappa shape index (κ2) is 2.46. The molecule has 0 aromatic carbocycles. The fraction of sp³-hybridized carbons (Fsp3) is 0.200. The molecule has 9 heavy (non-hydrogen) atoms. The lowest BCUT2D eigenvalue weighted by molar-refractivity contribution is 1.00. The van der Waals surface area contributed by atoms with Gasteiger partial charge in [-0.25, -0.2) is 4.98 Å². The van der Waals surface area contributed by atoms with Crippen molar-refractivity contribution in [1.82, 2.24) is 15.2 Å². The minimum Gasteiger partial charge on any atom is -0.285 e. The Bertz CT molecular complexity index is 277. The van der Waals surface area contributed by atoms with Gasteiger partial charge in [-0.15, -0.1) is 6.42 Å². The largest absolute Gasteiger partial charge is 0.285 e. The summed E-state index contributed by atoms with van der Waals surface area (Å²) in [7, 11) is 0. The number of hydrogen-bond acceptors (Lipinski definition) is 2. The van der Waals surface area contributed by atoms with E-state index in [1.165, 1.54) is 0 Å². The second-order valence-corrected chi connectivity index (χ2v) is 1.88. The number of aromatic amines is 2. The summed E-state index contributed by atoms with van der Waals surface area (Å²) in [5.41, 5.74) is 0. The van der Waals surface area contributed by atoms with Gasteiger partial charge in [0.05, 0.1) is 6.42 Å². The number of rotatable bonds is 1. The third-order valence-corrected chi connectivity index (χ3v) is 1.01. The number of nitrogens with one attached hydrogen (secondary N) is 2. The maximum atomic E-state index is 5.01. The molecule has 0 spiro atoms. The van der Waals surface area contributed by atoms with E-state index >= 15 is 0 Å². The third-order valence-electron chi connectivity index (χ3n) is 0.820. The molecule has 1 aromatic rings. The predicted molar refractivity (Wildman–Crippen MR) is 36.3 cm³/mol. The fourth-order valence-electron chi connectivity index (χ4n) is 0.484. The molecule has 0 bridgehead atoms. The standard InChI is InChI=1S/C5H5N3S/c1-2-3-4-6-5(9)8-7-4/h1H,3H2,(H2,6,7,8,9). The van der Waals surface area contributed by atoms with Gasteiger partial charge in [-0.05, 0) is 12.2 Å². The van der Waals surface area contributed by atoms with E-state index in [0.29, 0.717) is 17.0 Å². The molecule has 46 valence electrons. The summed E-state index contributed by atoms with van der Waals surface area (Å²) >= 11 is 4.68. The zero-order chi connectivity index (χ0) is 6.69. The molecule has 0 saturated carbocycles. The lowest BCUT2D eigenvalue weighted by atomic mass is 10.4. The summed E-state index contributed by atoms with van der Waals surface area (Å²) < 4.78 is 0.445. The molecule has 0 aliphatic rings. The minimum atomic E-state index is 0.445. The van der Waals surface area contributed by atoms with E-state index in [1.54, 1.807) is 0 Å². The predicted octanol–water partition coefficient (Wildman–Crippen LogP) is 0.643. The highest BCUT2D eigenvalue weighted by atomic mass is 32.1. The van der Waals surface area contributed by atoms with Crippen molar-refractivity contribution in [2.75, 3.05) is 0 Å². The quantitative estimate of drug-likeness (QED) is 0.443. The Labute approximate surface area is 57.5 Å². The fourth-order valence-corrected chi connectivity index (χ4v) is 0.646. The van der Waals surface area contributed by atoms with Crippen LogP contribution in [0.5, 0.6) is 0 Å². The first kappa shape index (κ1) is 6.05. The van der Waals surface area contributed by atoms with Crippen molar-refractivity contribution in [3.8, 4) is 12.3 Å². The molecule has 0 unspecified atom stereocenters. The maximum Gasteiger partial charge on any atom is 0.213 e. The number of nitrogens with zero attached hydrogens (tertiary/aromatic N) is 1. The maximum absolute atomic E-state index is 5.01. The van der Waals surface area contributed by atoms with Gasteiger partial charge in [0.2, 0.25) is 4.77 Å². The van der Waals surface area contributed by atoms with Crippen LogP contribution in [0, 0.1) is 17.1 Å². The summed E-state index contributed by atoms with van der Waals surface area (Å²) in [6, 6.07) is 0. The van der Waals surface area contributed by atoms with E-state index in [-0.39, 0.29) is 0 Å². The summed E-state index contributed by atoms with van der Waals surface area (Å²) in [5.74, 6) is 3.15. The molecule has 0 fully saturated rings. The van der Waals surface area contributed by atoms with Crippen molar-refractivity contribution in [1.29, 1.82) is 0 Å². The number of hydrogen-bond donors (Lipinski definition) is 2. The van der Waals surface area contributed by atoms with Crippen molar-refractivity contribution < 1.29 is 0 Å². The topological polar surface area (TPSA) is 44.5 Å². The molecule has 4 heteroatoms. The van der Waals surface area contributed by atoms with Gasteiger partial charge >= 0.3 is 0 Å². The summed E-state index contributed by atoms with van der Waals surface area (Å²) in [4.78, 5) is 3.86. The zero-order valence-electron chi connectivity index (χ0n) is 4.64. The molecular formula is C5H5N3S. The first-order valence-electron chi connectivity index (χ1n) is 2.40. The van der Waals surface area contributed by atoms with Crippen LogP contribution in [0.3, 0.4) is 0 Å².